The molecule has 0 heterocycles. The van der Waals surface area contributed by atoms with Crippen LogP contribution < -0.4 is 0 Å². The molecule has 0 saturated heterocycles. The lowest BCUT2D eigenvalue weighted by molar-refractivity contribution is -0.131. The largest absolute Gasteiger partial charge is 0.507 e. The molecule has 0 aromatic heterocycles. The number of aliphatic hydroxyl groups excluding tert-OH is 2. The third kappa shape index (κ3) is 5.53. The number of ketones is 3. The van der Waals surface area contributed by atoms with Gasteiger partial charge in [0.1, 0.15) is 17.3 Å². The fourth-order valence-electron chi connectivity index (χ4n) is 4.27. The first-order valence-electron chi connectivity index (χ1n) is 9.66. The molecule has 0 aliphatic heterocycles. The van der Waals surface area contributed by atoms with Crippen LogP contribution in [0.15, 0.2) is 18.7 Å². The minimum atomic E-state index is -0.769. The maximum absolute atomic E-state index is 12.7. The smallest absolute Gasteiger partial charge is 0.167 e. The Morgan fingerprint density at radius 3 is 2.52 bits per heavy atom. The second-order valence-corrected chi connectivity index (χ2v) is 8.19. The number of carbonyl (C=O) groups excluding carboxylic acids is 3. The molecule has 0 amide bonds. The van der Waals surface area contributed by atoms with Gasteiger partial charge < -0.3 is 15.3 Å². The first kappa shape index (κ1) is 23.3. The summed E-state index contributed by atoms with van der Waals surface area (Å²) in [5.41, 5.74) is 1.48. The van der Waals surface area contributed by atoms with Crippen molar-refractivity contribution >= 4 is 34.0 Å². The average molecular weight is 423 g/mol. The van der Waals surface area contributed by atoms with Crippen molar-refractivity contribution in [1.29, 1.82) is 0 Å². The second-order valence-electron chi connectivity index (χ2n) is 7.73. The van der Waals surface area contributed by atoms with E-state index in [4.69, 9.17) is 11.6 Å². The maximum atomic E-state index is 12.7. The summed E-state index contributed by atoms with van der Waals surface area (Å²) in [6.07, 6.45) is 1.08. The number of hydrogen-bond donors (Lipinski definition) is 3. The van der Waals surface area contributed by atoms with Gasteiger partial charge in [-0.05, 0) is 61.3 Å². The molecule has 0 spiro atoms. The highest BCUT2D eigenvalue weighted by molar-refractivity contribution is 6.48. The van der Waals surface area contributed by atoms with E-state index >= 15 is 0 Å². The number of hydrogen-bond acceptors (Lipinski definition) is 6. The minimum absolute atomic E-state index is 0.0955. The predicted molar refractivity (Wildman–Crippen MR) is 110 cm³/mol. The summed E-state index contributed by atoms with van der Waals surface area (Å²) in [6, 6.07) is 3.05. The summed E-state index contributed by atoms with van der Waals surface area (Å²) in [5, 5.41) is 29.6. The summed E-state index contributed by atoms with van der Waals surface area (Å²) in [4.78, 5) is 36.4. The molecule has 0 fully saturated rings. The van der Waals surface area contributed by atoms with Crippen molar-refractivity contribution in [2.24, 2.45) is 17.8 Å². The van der Waals surface area contributed by atoms with E-state index in [0.717, 1.165) is 0 Å². The third-order valence-corrected chi connectivity index (χ3v) is 5.77. The molecule has 0 radical (unpaired) electrons. The van der Waals surface area contributed by atoms with Crippen molar-refractivity contribution in [2.75, 3.05) is 13.2 Å². The Hall–Kier alpha value is -2.02. The highest BCUT2D eigenvalue weighted by Gasteiger charge is 2.35. The van der Waals surface area contributed by atoms with Gasteiger partial charge in [-0.15, -0.1) is 0 Å². The van der Waals surface area contributed by atoms with E-state index in [1.807, 2.05) is 0 Å². The number of halogens is 1. The van der Waals surface area contributed by atoms with Gasteiger partial charge in [-0.1, -0.05) is 18.2 Å². The molecule has 3 unspecified atom stereocenters. The van der Waals surface area contributed by atoms with E-state index in [1.54, 1.807) is 6.07 Å². The van der Waals surface area contributed by atoms with Crippen LogP contribution in [-0.4, -0.2) is 45.9 Å². The standard InChI is InChI=1S/C22H27ClO6/c1-12(26)7-20(28)18(11-25)15(5-6-24)8-14-9-17-16(13(2)23)3-4-19(27)22(17)21(29)10-14/h3-4,14-15,18,24-25,27H,2,5-11H2,1H3. The number of aliphatic hydroxyl groups is 2. The highest BCUT2D eigenvalue weighted by Crippen LogP contribution is 2.40. The number of Topliss-reactive ketones (excluding diaryl/α,β-unsaturated/α-hetero) is 3. The second kappa shape index (κ2) is 10.1. The van der Waals surface area contributed by atoms with Crippen molar-refractivity contribution in [1.82, 2.24) is 0 Å². The van der Waals surface area contributed by atoms with Gasteiger partial charge >= 0.3 is 0 Å². The van der Waals surface area contributed by atoms with Crippen LogP contribution in [0.25, 0.3) is 5.03 Å². The molecule has 158 valence electrons. The summed E-state index contributed by atoms with van der Waals surface area (Å²) >= 11 is 6.08. The van der Waals surface area contributed by atoms with E-state index in [-0.39, 0.29) is 71.4 Å². The van der Waals surface area contributed by atoms with Crippen LogP contribution in [0.3, 0.4) is 0 Å². The number of carbonyl (C=O) groups is 3. The molecular weight excluding hydrogens is 396 g/mol. The van der Waals surface area contributed by atoms with Crippen molar-refractivity contribution in [3.05, 3.63) is 35.4 Å². The van der Waals surface area contributed by atoms with E-state index in [2.05, 4.69) is 6.58 Å². The molecular formula is C22H27ClO6. The molecule has 1 aliphatic rings. The zero-order chi connectivity index (χ0) is 21.7. The summed E-state index contributed by atoms with van der Waals surface area (Å²) in [7, 11) is 0. The van der Waals surface area contributed by atoms with Crippen molar-refractivity contribution in [3.63, 3.8) is 0 Å². The topological polar surface area (TPSA) is 112 Å². The Morgan fingerprint density at radius 1 is 1.28 bits per heavy atom. The molecule has 3 atom stereocenters. The SMILES string of the molecule is C=C(Cl)c1ccc(O)c2c1CC(CC(CCO)C(CO)C(=O)CC(C)=O)CC2=O. The lowest BCUT2D eigenvalue weighted by Crippen LogP contribution is -2.32. The molecule has 1 aliphatic carbocycles. The quantitative estimate of drug-likeness (QED) is 0.500. The van der Waals surface area contributed by atoms with Gasteiger partial charge in [-0.25, -0.2) is 0 Å². The lowest BCUT2D eigenvalue weighted by atomic mass is 9.73. The molecule has 2 rings (SSSR count). The predicted octanol–water partition coefficient (Wildman–Crippen LogP) is 2.89. The first-order valence-corrected chi connectivity index (χ1v) is 10.0. The number of rotatable bonds is 10. The Bertz CT molecular complexity index is 816. The van der Waals surface area contributed by atoms with Gasteiger partial charge in [0.2, 0.25) is 0 Å². The Balaban J connectivity index is 2.29. The van der Waals surface area contributed by atoms with Gasteiger partial charge in [0.25, 0.3) is 0 Å². The van der Waals surface area contributed by atoms with Crippen molar-refractivity contribution < 1.29 is 29.7 Å². The molecule has 7 heteroatoms. The molecule has 1 aromatic rings. The molecule has 29 heavy (non-hydrogen) atoms. The summed E-state index contributed by atoms with van der Waals surface area (Å²) in [6.45, 7) is 4.45. The molecule has 6 nitrogen and oxygen atoms in total. The number of phenols is 1. The van der Waals surface area contributed by atoms with Gasteiger partial charge in [0, 0.05) is 24.0 Å². The van der Waals surface area contributed by atoms with Crippen molar-refractivity contribution in [2.45, 2.75) is 39.0 Å². The lowest BCUT2D eigenvalue weighted by Gasteiger charge is -2.31. The van der Waals surface area contributed by atoms with Crippen LogP contribution >= 0.6 is 11.6 Å². The van der Waals surface area contributed by atoms with Crippen LogP contribution in [0.2, 0.25) is 0 Å². The zero-order valence-corrected chi connectivity index (χ0v) is 17.2. The Kier molecular flexibility index (Phi) is 8.14. The highest BCUT2D eigenvalue weighted by atomic mass is 35.5. The Morgan fingerprint density at radius 2 is 1.97 bits per heavy atom. The van der Waals surface area contributed by atoms with Gasteiger partial charge in [-0.2, -0.15) is 0 Å². The summed E-state index contributed by atoms with van der Waals surface area (Å²) < 4.78 is 0. The van der Waals surface area contributed by atoms with Crippen LogP contribution in [-0.2, 0) is 16.0 Å². The average Bonchev–Trinajstić information content (AvgIpc) is 2.61. The number of benzene rings is 1. The molecule has 1 aromatic carbocycles. The minimum Gasteiger partial charge on any atom is -0.507 e. The van der Waals surface area contributed by atoms with E-state index in [1.165, 1.54) is 13.0 Å². The fraction of sp³-hybridized carbons (Fsp3) is 0.500. The van der Waals surface area contributed by atoms with Crippen LogP contribution in [0.4, 0.5) is 0 Å². The third-order valence-electron chi connectivity index (χ3n) is 5.57. The van der Waals surface area contributed by atoms with E-state index in [0.29, 0.717) is 24.0 Å². The zero-order valence-electron chi connectivity index (χ0n) is 16.5. The number of fused-ring (bicyclic) bond motifs is 1. The molecule has 0 bridgehead atoms. The molecule has 0 saturated carbocycles. The summed E-state index contributed by atoms with van der Waals surface area (Å²) in [5.74, 6) is -2.23. The van der Waals surface area contributed by atoms with Gasteiger partial charge in [0.05, 0.1) is 18.6 Å². The normalized spacial score (nSPS) is 18.1. The number of phenolic OH excluding ortho intramolecular Hbond substituents is 1. The first-order chi connectivity index (χ1) is 13.7. The van der Waals surface area contributed by atoms with Gasteiger partial charge in [-0.3, -0.25) is 14.4 Å². The van der Waals surface area contributed by atoms with Crippen LogP contribution in [0.1, 0.15) is 54.1 Å². The van der Waals surface area contributed by atoms with Crippen molar-refractivity contribution in [3.8, 4) is 5.75 Å². The maximum Gasteiger partial charge on any atom is 0.167 e. The van der Waals surface area contributed by atoms with Crippen LogP contribution in [0, 0.1) is 17.8 Å². The van der Waals surface area contributed by atoms with Gasteiger partial charge in [0.15, 0.2) is 5.78 Å². The number of aromatic hydroxyl groups is 1. The van der Waals surface area contributed by atoms with E-state index in [9.17, 15) is 29.7 Å². The Labute approximate surface area is 175 Å². The van der Waals surface area contributed by atoms with E-state index < -0.39 is 12.5 Å². The monoisotopic (exact) mass is 422 g/mol. The van der Waals surface area contributed by atoms with Crippen LogP contribution in [0.5, 0.6) is 5.75 Å². The fourth-order valence-corrected chi connectivity index (χ4v) is 4.45. The molecule has 3 N–H and O–H groups in total.